The van der Waals surface area contributed by atoms with Crippen LogP contribution in [0.25, 0.3) is 61.0 Å². The Labute approximate surface area is 283 Å². The summed E-state index contributed by atoms with van der Waals surface area (Å²) in [7, 11) is -2.33. The Kier molecular flexibility index (Phi) is 7.53. The molecule has 0 saturated carbocycles. The Morgan fingerprint density at radius 1 is 0.980 bits per heavy atom. The van der Waals surface area contributed by atoms with Crippen LogP contribution in [0.4, 0.5) is 18.9 Å². The molecule has 50 heavy (non-hydrogen) atoms. The van der Waals surface area contributed by atoms with Crippen molar-refractivity contribution in [3.8, 4) is 22.6 Å². The van der Waals surface area contributed by atoms with Crippen LogP contribution in [0.15, 0.2) is 77.2 Å². The largest absolute Gasteiger partial charge is 0.455 e. The average molecular weight is 699 g/mol. The Morgan fingerprint density at radius 3 is 2.48 bits per heavy atom. The van der Waals surface area contributed by atoms with Crippen molar-refractivity contribution in [3.05, 3.63) is 95.8 Å². The van der Waals surface area contributed by atoms with Gasteiger partial charge in [0.2, 0.25) is 10.0 Å². The van der Waals surface area contributed by atoms with Crippen LogP contribution in [0.5, 0.6) is 0 Å². The van der Waals surface area contributed by atoms with Crippen molar-refractivity contribution in [2.24, 2.45) is 0 Å². The highest BCUT2D eigenvalue weighted by Crippen LogP contribution is 2.40. The molecule has 1 fully saturated rings. The molecule has 14 heteroatoms. The number of furan rings is 1. The van der Waals surface area contributed by atoms with E-state index < -0.39 is 33.7 Å². The van der Waals surface area contributed by atoms with Crippen LogP contribution in [-0.4, -0.2) is 65.7 Å². The number of benzene rings is 3. The minimum absolute atomic E-state index is 0.153. The van der Waals surface area contributed by atoms with Crippen LogP contribution < -0.4 is 10.0 Å². The summed E-state index contributed by atoms with van der Waals surface area (Å²) in [6, 6.07) is 18.5. The quantitative estimate of drug-likeness (QED) is 0.182. The molecule has 1 amide bonds. The van der Waals surface area contributed by atoms with E-state index in [0.29, 0.717) is 62.0 Å². The molecule has 8 rings (SSSR count). The molecule has 0 unspecified atom stereocenters. The van der Waals surface area contributed by atoms with Crippen molar-refractivity contribution in [2.75, 3.05) is 30.6 Å². The van der Waals surface area contributed by atoms with Crippen molar-refractivity contribution in [2.45, 2.75) is 19.6 Å². The van der Waals surface area contributed by atoms with Gasteiger partial charge in [-0.1, -0.05) is 6.07 Å². The molecule has 5 heterocycles. The number of halogens is 3. The van der Waals surface area contributed by atoms with E-state index in [9.17, 15) is 22.0 Å². The molecule has 254 valence electrons. The zero-order chi connectivity index (χ0) is 34.9. The predicted octanol–water partition coefficient (Wildman–Crippen LogP) is 6.67. The highest BCUT2D eigenvalue weighted by Gasteiger charge is 2.29. The summed E-state index contributed by atoms with van der Waals surface area (Å²) in [5.41, 5.74) is 3.72. The van der Waals surface area contributed by atoms with Gasteiger partial charge in [-0.25, -0.2) is 31.6 Å². The van der Waals surface area contributed by atoms with Gasteiger partial charge in [-0.2, -0.15) is 0 Å². The zero-order valence-electron chi connectivity index (χ0n) is 26.8. The lowest BCUT2D eigenvalue weighted by molar-refractivity contribution is 0.0567. The smallest absolute Gasteiger partial charge is 0.255 e. The van der Waals surface area contributed by atoms with Gasteiger partial charge in [0.05, 0.1) is 45.8 Å². The maximum atomic E-state index is 15.1. The van der Waals surface area contributed by atoms with E-state index in [1.54, 1.807) is 36.4 Å². The second-order valence-corrected chi connectivity index (χ2v) is 14.2. The van der Waals surface area contributed by atoms with Gasteiger partial charge in [0.1, 0.15) is 40.5 Å². The first-order valence-electron chi connectivity index (χ1n) is 15.9. The number of fused-ring (bicyclic) bond motifs is 6. The number of hydrogen-bond acceptors (Lipinski definition) is 7. The minimum atomic E-state index is -3.80. The van der Waals surface area contributed by atoms with Crippen LogP contribution in [-0.2, 0) is 16.6 Å². The molecule has 0 spiro atoms. The monoisotopic (exact) mass is 698 g/mol. The molecule has 0 radical (unpaired) electrons. The lowest BCUT2D eigenvalue weighted by Crippen LogP contribution is -2.47. The third-order valence-corrected chi connectivity index (χ3v) is 10.3. The van der Waals surface area contributed by atoms with Crippen molar-refractivity contribution < 1.29 is 30.8 Å². The number of hydrogen-bond donors (Lipinski definition) is 2. The number of rotatable bonds is 8. The summed E-state index contributed by atoms with van der Waals surface area (Å²) in [5, 5.41) is 3.36. The summed E-state index contributed by atoms with van der Waals surface area (Å²) in [4.78, 5) is 25.1. The molecule has 0 atom stereocenters. The number of carbonyl (C=O) groups is 1. The van der Waals surface area contributed by atoms with Crippen LogP contribution >= 0.6 is 0 Å². The molecule has 7 aromatic rings. The predicted molar refractivity (Wildman–Crippen MR) is 185 cm³/mol. The standard InChI is InChI=1S/C36H29F3N6O4S/c1-3-50(47,48)43-28-15-31-24(33(36(46)40-2)35(49-31)19-7-9-20(37)10-8-19)13-23(28)26-11-12-27-34(42-26)30-14-22-25(39)5-4-6-29(22)45(30)32(41-27)18-44-16-21(38)17-44/h4-15,21,43H,3,16-18H2,1-2H3,(H,40,46). The lowest BCUT2D eigenvalue weighted by Gasteiger charge is -2.34. The van der Waals surface area contributed by atoms with E-state index >= 15 is 4.39 Å². The molecule has 1 aliphatic rings. The molecule has 3 aromatic carbocycles. The van der Waals surface area contributed by atoms with Crippen molar-refractivity contribution in [1.29, 1.82) is 0 Å². The molecule has 2 N–H and O–H groups in total. The van der Waals surface area contributed by atoms with E-state index in [1.165, 1.54) is 50.4 Å². The van der Waals surface area contributed by atoms with E-state index in [-0.39, 0.29) is 41.4 Å². The van der Waals surface area contributed by atoms with Crippen molar-refractivity contribution in [3.63, 3.8) is 0 Å². The first kappa shape index (κ1) is 31.8. The Hall–Kier alpha value is -5.47. The van der Waals surface area contributed by atoms with Gasteiger partial charge < -0.3 is 9.73 Å². The van der Waals surface area contributed by atoms with E-state index in [2.05, 4.69) is 10.0 Å². The van der Waals surface area contributed by atoms with Gasteiger partial charge >= 0.3 is 0 Å². The van der Waals surface area contributed by atoms with Crippen LogP contribution in [0.2, 0.25) is 0 Å². The fourth-order valence-electron chi connectivity index (χ4n) is 6.49. The fraction of sp³-hybridized carbons (Fsp3) is 0.194. The molecular weight excluding hydrogens is 669 g/mol. The number of carbonyl (C=O) groups excluding carboxylic acids is 1. The topological polar surface area (TPSA) is 122 Å². The Morgan fingerprint density at radius 2 is 1.76 bits per heavy atom. The number of nitrogens with zero attached hydrogens (tertiary/aromatic N) is 4. The number of alkyl halides is 1. The van der Waals surface area contributed by atoms with Crippen molar-refractivity contribution >= 4 is 60.0 Å². The second kappa shape index (κ2) is 11.8. The lowest BCUT2D eigenvalue weighted by atomic mass is 10.0. The molecule has 0 bridgehead atoms. The summed E-state index contributed by atoms with van der Waals surface area (Å²) in [5.74, 6) is -0.800. The third-order valence-electron chi connectivity index (χ3n) is 9.00. The second-order valence-electron chi connectivity index (χ2n) is 12.2. The molecular formula is C36H29F3N6O4S. The number of amides is 1. The number of pyridine rings is 1. The van der Waals surface area contributed by atoms with E-state index in [1.807, 2.05) is 9.30 Å². The third kappa shape index (κ3) is 5.31. The highest BCUT2D eigenvalue weighted by atomic mass is 32.2. The van der Waals surface area contributed by atoms with Gasteiger partial charge in [-0.05, 0) is 67.6 Å². The van der Waals surface area contributed by atoms with Gasteiger partial charge in [-0.15, -0.1) is 0 Å². The Bertz CT molecular complexity index is 2620. The zero-order valence-corrected chi connectivity index (χ0v) is 27.6. The molecule has 1 saturated heterocycles. The number of anilines is 1. The highest BCUT2D eigenvalue weighted by molar-refractivity contribution is 7.92. The summed E-state index contributed by atoms with van der Waals surface area (Å²) < 4.78 is 79.1. The maximum Gasteiger partial charge on any atom is 0.255 e. The Balaban J connectivity index is 1.38. The molecule has 10 nitrogen and oxygen atoms in total. The van der Waals surface area contributed by atoms with Crippen LogP contribution in [0, 0.1) is 11.6 Å². The maximum absolute atomic E-state index is 15.1. The van der Waals surface area contributed by atoms with Gasteiger partial charge in [0.25, 0.3) is 5.91 Å². The number of nitrogens with one attached hydrogen (secondary N) is 2. The molecule has 1 aliphatic heterocycles. The number of aromatic nitrogens is 3. The van der Waals surface area contributed by atoms with Gasteiger partial charge in [-0.3, -0.25) is 18.8 Å². The van der Waals surface area contributed by atoms with E-state index in [0.717, 1.165) is 0 Å². The summed E-state index contributed by atoms with van der Waals surface area (Å²) in [6.07, 6.45) is -0.906. The van der Waals surface area contributed by atoms with Crippen LogP contribution in [0.3, 0.4) is 0 Å². The molecule has 4 aromatic heterocycles. The SMILES string of the molecule is CCS(=O)(=O)Nc1cc2oc(-c3ccc(F)cc3)c(C(=O)NC)c2cc1-c1ccc2nc(CN3CC(F)C3)n3c4cccc(F)c4cc3c2n1. The fourth-order valence-corrected chi connectivity index (χ4v) is 7.14. The average Bonchev–Trinajstić information content (AvgIpc) is 3.67. The number of likely N-dealkylation sites (tertiary alicyclic amines) is 1. The van der Waals surface area contributed by atoms with Crippen LogP contribution in [0.1, 0.15) is 23.1 Å². The van der Waals surface area contributed by atoms with Gasteiger partial charge in [0, 0.05) is 48.1 Å². The first-order chi connectivity index (χ1) is 24.0. The molecule has 0 aliphatic carbocycles. The summed E-state index contributed by atoms with van der Waals surface area (Å²) in [6.45, 7) is 2.40. The minimum Gasteiger partial charge on any atom is -0.455 e. The van der Waals surface area contributed by atoms with Gasteiger partial charge in [0.15, 0.2) is 0 Å². The van der Waals surface area contributed by atoms with E-state index in [4.69, 9.17) is 14.4 Å². The first-order valence-corrected chi connectivity index (χ1v) is 17.5. The normalized spacial score (nSPS) is 14.2. The summed E-state index contributed by atoms with van der Waals surface area (Å²) >= 11 is 0. The van der Waals surface area contributed by atoms with Crippen molar-refractivity contribution in [1.82, 2.24) is 24.6 Å². The number of sulfonamides is 1.